The lowest BCUT2D eigenvalue weighted by Crippen LogP contribution is -2.31. The van der Waals surface area contributed by atoms with Crippen LogP contribution >= 0.6 is 23.2 Å². The molecule has 0 bridgehead atoms. The molecule has 0 aliphatic carbocycles. The smallest absolute Gasteiger partial charge is 0.151 e. The Bertz CT molecular complexity index is 1240. The Morgan fingerprint density at radius 1 is 1.20 bits per heavy atom. The van der Waals surface area contributed by atoms with E-state index >= 15 is 0 Å². The van der Waals surface area contributed by atoms with Crippen LogP contribution in [0.4, 0.5) is 0 Å². The standard InChI is InChI=1S/C19H14Cl2N2O.C9H19NO/c1-11-5-12(9-22)6-18-15(11)7-14(23(18)2)8-16-17(20)4-3-13(10-24)19(16)21;1-8(11)7-9-3-5-10(2)6-4-9/h3-7,10H,8H2,1-2H3;8-9,11H,3-7H2,1-2H3. The second kappa shape index (κ2) is 12.1. The van der Waals surface area contributed by atoms with Crippen LogP contribution in [-0.4, -0.2) is 47.1 Å². The van der Waals surface area contributed by atoms with Gasteiger partial charge in [0.2, 0.25) is 0 Å². The molecule has 0 saturated carbocycles. The van der Waals surface area contributed by atoms with Crippen molar-refractivity contribution >= 4 is 40.4 Å². The molecular weight excluding hydrogens is 481 g/mol. The van der Waals surface area contributed by atoms with Crippen LogP contribution in [0.5, 0.6) is 0 Å². The first-order valence-corrected chi connectivity index (χ1v) is 12.7. The number of likely N-dealkylation sites (tertiary alicyclic amines) is 1. The predicted octanol–water partition coefficient (Wildman–Crippen LogP) is 6.17. The maximum absolute atomic E-state index is 11.1. The van der Waals surface area contributed by atoms with Crippen LogP contribution in [0.25, 0.3) is 10.9 Å². The van der Waals surface area contributed by atoms with Crippen molar-refractivity contribution in [2.75, 3.05) is 20.1 Å². The largest absolute Gasteiger partial charge is 0.393 e. The lowest BCUT2D eigenvalue weighted by Gasteiger charge is -2.29. The second-order valence-corrected chi connectivity index (χ2v) is 10.4. The van der Waals surface area contributed by atoms with E-state index in [2.05, 4.69) is 24.1 Å². The first-order chi connectivity index (χ1) is 16.6. The molecule has 0 spiro atoms. The number of aldehydes is 1. The molecule has 0 radical (unpaired) electrons. The number of carbonyl (C=O) groups is 1. The van der Waals surface area contributed by atoms with E-state index in [-0.39, 0.29) is 6.10 Å². The van der Waals surface area contributed by atoms with Gasteiger partial charge in [-0.1, -0.05) is 23.2 Å². The molecule has 7 heteroatoms. The SMILES string of the molecule is CC(O)CC1CCN(C)CC1.Cc1cc(C#N)cc2c1cc(Cc1c(Cl)ccc(C=O)c1Cl)n2C. The molecule has 2 aromatic carbocycles. The van der Waals surface area contributed by atoms with Crippen LogP contribution < -0.4 is 0 Å². The monoisotopic (exact) mass is 513 g/mol. The average Bonchev–Trinajstić information content (AvgIpc) is 3.14. The summed E-state index contributed by atoms with van der Waals surface area (Å²) >= 11 is 12.6. The summed E-state index contributed by atoms with van der Waals surface area (Å²) in [4.78, 5) is 13.5. The number of hydrogen-bond donors (Lipinski definition) is 1. The summed E-state index contributed by atoms with van der Waals surface area (Å²) in [6.07, 6.45) is 4.65. The quantitative estimate of drug-likeness (QED) is 0.414. The van der Waals surface area contributed by atoms with Gasteiger partial charge in [-0.2, -0.15) is 5.26 Å². The van der Waals surface area contributed by atoms with E-state index in [1.807, 2.05) is 37.6 Å². The molecule has 4 rings (SSSR count). The van der Waals surface area contributed by atoms with Crippen LogP contribution in [0.1, 0.15) is 58.9 Å². The number of fused-ring (bicyclic) bond motifs is 1. The Labute approximate surface area is 217 Å². The Kier molecular flexibility index (Phi) is 9.38. The highest BCUT2D eigenvalue weighted by Crippen LogP contribution is 2.32. The van der Waals surface area contributed by atoms with Crippen LogP contribution in [-0.2, 0) is 13.5 Å². The number of nitrogens with zero attached hydrogens (tertiary/aromatic N) is 3. The zero-order valence-corrected chi connectivity index (χ0v) is 22.3. The Morgan fingerprint density at radius 2 is 1.89 bits per heavy atom. The van der Waals surface area contributed by atoms with Gasteiger partial charge in [0, 0.05) is 40.7 Å². The van der Waals surface area contributed by atoms with Gasteiger partial charge in [-0.3, -0.25) is 4.79 Å². The number of aliphatic hydroxyl groups excluding tert-OH is 1. The van der Waals surface area contributed by atoms with Gasteiger partial charge in [-0.05, 0) is 101 Å². The van der Waals surface area contributed by atoms with Gasteiger partial charge in [-0.15, -0.1) is 0 Å². The molecule has 35 heavy (non-hydrogen) atoms. The van der Waals surface area contributed by atoms with Crippen molar-refractivity contribution in [2.24, 2.45) is 13.0 Å². The fourth-order valence-electron chi connectivity index (χ4n) is 4.73. The molecule has 1 fully saturated rings. The molecule has 1 unspecified atom stereocenters. The van der Waals surface area contributed by atoms with Gasteiger partial charge < -0.3 is 14.6 Å². The summed E-state index contributed by atoms with van der Waals surface area (Å²) in [5.41, 5.74) is 4.83. The van der Waals surface area contributed by atoms with Gasteiger partial charge in [0.05, 0.1) is 22.8 Å². The molecule has 186 valence electrons. The highest BCUT2D eigenvalue weighted by atomic mass is 35.5. The lowest BCUT2D eigenvalue weighted by atomic mass is 9.92. The van der Waals surface area contributed by atoms with Crippen molar-refractivity contribution in [1.29, 1.82) is 5.26 Å². The zero-order chi connectivity index (χ0) is 25.7. The maximum atomic E-state index is 11.1. The van der Waals surface area contributed by atoms with Crippen LogP contribution in [0.15, 0.2) is 30.3 Å². The van der Waals surface area contributed by atoms with Crippen LogP contribution in [0, 0.1) is 24.2 Å². The molecule has 1 atom stereocenters. The van der Waals surface area contributed by atoms with Crippen molar-refractivity contribution in [3.63, 3.8) is 0 Å². The van der Waals surface area contributed by atoms with Gasteiger partial charge >= 0.3 is 0 Å². The normalized spacial score (nSPS) is 15.4. The molecular formula is C28H33Cl2N3O2. The fourth-order valence-corrected chi connectivity index (χ4v) is 5.28. The number of aryl methyl sites for hydroxylation is 2. The third-order valence-corrected chi connectivity index (χ3v) is 7.61. The van der Waals surface area contributed by atoms with E-state index in [9.17, 15) is 4.79 Å². The predicted molar refractivity (Wildman–Crippen MR) is 144 cm³/mol. The number of aliphatic hydroxyl groups is 1. The maximum Gasteiger partial charge on any atom is 0.151 e. The minimum absolute atomic E-state index is 0.108. The molecule has 2 heterocycles. The van der Waals surface area contributed by atoms with E-state index in [1.54, 1.807) is 12.1 Å². The topological polar surface area (TPSA) is 69.3 Å². The minimum atomic E-state index is -0.108. The van der Waals surface area contributed by atoms with Crippen molar-refractivity contribution in [2.45, 2.75) is 45.6 Å². The van der Waals surface area contributed by atoms with E-state index in [1.165, 1.54) is 25.9 Å². The highest BCUT2D eigenvalue weighted by molar-refractivity contribution is 6.37. The zero-order valence-electron chi connectivity index (χ0n) is 20.8. The van der Waals surface area contributed by atoms with Gasteiger partial charge in [0.25, 0.3) is 0 Å². The first kappa shape index (κ1) is 27.2. The number of benzene rings is 2. The molecule has 1 aliphatic rings. The van der Waals surface area contributed by atoms with E-state index < -0.39 is 0 Å². The second-order valence-electron chi connectivity index (χ2n) is 9.59. The van der Waals surface area contributed by atoms with E-state index in [4.69, 9.17) is 33.6 Å². The molecule has 1 saturated heterocycles. The molecule has 1 aliphatic heterocycles. The van der Waals surface area contributed by atoms with E-state index in [0.717, 1.165) is 46.3 Å². The Balaban J connectivity index is 0.000000261. The first-order valence-electron chi connectivity index (χ1n) is 11.9. The third-order valence-electron chi connectivity index (χ3n) is 6.81. The van der Waals surface area contributed by atoms with Gasteiger partial charge in [0.1, 0.15) is 0 Å². The van der Waals surface area contributed by atoms with Crippen molar-refractivity contribution in [3.05, 3.63) is 68.3 Å². The molecule has 1 aromatic heterocycles. The van der Waals surface area contributed by atoms with E-state index in [0.29, 0.717) is 27.6 Å². The molecule has 1 N–H and O–H groups in total. The lowest BCUT2D eigenvalue weighted by molar-refractivity contribution is 0.112. The number of piperidine rings is 1. The Morgan fingerprint density at radius 3 is 2.49 bits per heavy atom. The number of rotatable bonds is 5. The molecule has 5 nitrogen and oxygen atoms in total. The van der Waals surface area contributed by atoms with Crippen molar-refractivity contribution in [3.8, 4) is 6.07 Å². The number of aromatic nitrogens is 1. The number of hydrogen-bond acceptors (Lipinski definition) is 4. The third kappa shape index (κ3) is 6.65. The highest BCUT2D eigenvalue weighted by Gasteiger charge is 2.18. The number of halogens is 2. The van der Waals surface area contributed by atoms with Crippen LogP contribution in [0.2, 0.25) is 10.0 Å². The van der Waals surface area contributed by atoms with Gasteiger partial charge in [-0.25, -0.2) is 0 Å². The van der Waals surface area contributed by atoms with Crippen molar-refractivity contribution in [1.82, 2.24) is 9.47 Å². The fraction of sp³-hybridized carbons (Fsp3) is 0.429. The molecule has 3 aromatic rings. The van der Waals surface area contributed by atoms with Crippen LogP contribution in [0.3, 0.4) is 0 Å². The summed E-state index contributed by atoms with van der Waals surface area (Å²) < 4.78 is 2.03. The van der Waals surface area contributed by atoms with Gasteiger partial charge in [0.15, 0.2) is 6.29 Å². The molecule has 0 amide bonds. The summed E-state index contributed by atoms with van der Waals surface area (Å²) in [5.74, 6) is 0.770. The summed E-state index contributed by atoms with van der Waals surface area (Å²) in [7, 11) is 4.11. The number of carbonyl (C=O) groups excluding carboxylic acids is 1. The summed E-state index contributed by atoms with van der Waals surface area (Å²) in [5, 5.41) is 20.3. The Hall–Kier alpha value is -2.36. The number of nitriles is 1. The minimum Gasteiger partial charge on any atom is -0.393 e. The van der Waals surface area contributed by atoms with Crippen molar-refractivity contribution < 1.29 is 9.90 Å². The summed E-state index contributed by atoms with van der Waals surface area (Å²) in [6.45, 7) is 6.28. The average molecular weight is 514 g/mol. The summed E-state index contributed by atoms with van der Waals surface area (Å²) in [6, 6.07) is 11.3.